The van der Waals surface area contributed by atoms with E-state index in [-0.39, 0.29) is 6.42 Å². The average Bonchev–Trinajstić information content (AvgIpc) is 2.05. The minimum absolute atomic E-state index is 0.110. The molecule has 0 aliphatic carbocycles. The van der Waals surface area contributed by atoms with Crippen LogP contribution in [-0.2, 0) is 11.2 Å². The van der Waals surface area contributed by atoms with Crippen molar-refractivity contribution in [3.8, 4) is 0 Å². The van der Waals surface area contributed by atoms with E-state index in [0.717, 1.165) is 11.8 Å². The van der Waals surface area contributed by atoms with Gasteiger partial charge in [0, 0.05) is 5.56 Å². The second-order valence-electron chi connectivity index (χ2n) is 2.46. The number of aldehydes is 1. The van der Waals surface area contributed by atoms with Gasteiger partial charge in [0.15, 0.2) is 0 Å². The van der Waals surface area contributed by atoms with Crippen molar-refractivity contribution in [3.05, 3.63) is 35.4 Å². The number of carbonyl (C=O) groups excluding carboxylic acids is 2. The highest BCUT2D eigenvalue weighted by atomic mass is 16.1. The molecule has 1 aromatic rings. The molecule has 0 aliphatic rings. The summed E-state index contributed by atoms with van der Waals surface area (Å²) in [6.45, 7) is 0. The summed E-state index contributed by atoms with van der Waals surface area (Å²) in [6, 6.07) is 6.61. The van der Waals surface area contributed by atoms with Crippen molar-refractivity contribution in [3.63, 3.8) is 0 Å². The minimum Gasteiger partial charge on any atom is -0.298 e. The predicted octanol–water partition coefficient (Wildman–Crippen LogP) is 0.851. The Labute approximate surface area is 70.2 Å². The minimum atomic E-state index is -0.617. The van der Waals surface area contributed by atoms with Gasteiger partial charge in [-0.05, 0) is 5.56 Å². The Kier molecular flexibility index (Phi) is 2.58. The highest BCUT2D eigenvalue weighted by Crippen LogP contribution is 2.02. The van der Waals surface area contributed by atoms with E-state index in [1.54, 1.807) is 24.3 Å². The Morgan fingerprint density at radius 3 is 2.33 bits per heavy atom. The van der Waals surface area contributed by atoms with E-state index < -0.39 is 5.91 Å². The maximum absolute atomic E-state index is 10.4. The fraction of sp³-hybridized carbons (Fsp3) is 0.111. The molecule has 1 N–H and O–H groups in total. The van der Waals surface area contributed by atoms with Gasteiger partial charge in [-0.2, -0.15) is 0 Å². The van der Waals surface area contributed by atoms with Crippen molar-refractivity contribution in [1.82, 2.24) is 5.73 Å². The van der Waals surface area contributed by atoms with Gasteiger partial charge >= 0.3 is 0 Å². The lowest BCUT2D eigenvalue weighted by Crippen LogP contribution is -2.02. The van der Waals surface area contributed by atoms with Gasteiger partial charge in [0.1, 0.15) is 6.29 Å². The number of benzene rings is 1. The molecule has 0 aliphatic heterocycles. The molecule has 0 saturated heterocycles. The molecule has 3 heteroatoms. The highest BCUT2D eigenvalue weighted by Gasteiger charge is 1.97. The third-order valence-corrected chi connectivity index (χ3v) is 1.48. The van der Waals surface area contributed by atoms with E-state index in [1.807, 2.05) is 0 Å². The van der Waals surface area contributed by atoms with Crippen LogP contribution in [0.1, 0.15) is 15.9 Å². The molecule has 0 bridgehead atoms. The van der Waals surface area contributed by atoms with Crippen LogP contribution in [0, 0.1) is 0 Å². The van der Waals surface area contributed by atoms with Crippen LogP contribution in [-0.4, -0.2) is 12.2 Å². The molecule has 3 nitrogen and oxygen atoms in total. The number of nitrogens with one attached hydrogen (secondary N) is 1. The summed E-state index contributed by atoms with van der Waals surface area (Å²) in [7, 11) is 0. The standard InChI is InChI=1S/C9H8NO2/c10-9(12)5-7-1-3-8(6-11)4-2-7/h1-4,6,10H,5H2. The Hall–Kier alpha value is -1.64. The summed E-state index contributed by atoms with van der Waals surface area (Å²) in [4.78, 5) is 20.6. The Balaban J connectivity index is 2.77. The van der Waals surface area contributed by atoms with Gasteiger partial charge in [-0.3, -0.25) is 15.3 Å². The number of hydrogen-bond acceptors (Lipinski definition) is 2. The van der Waals surface area contributed by atoms with Gasteiger partial charge < -0.3 is 0 Å². The van der Waals surface area contributed by atoms with Gasteiger partial charge in [-0.15, -0.1) is 0 Å². The molecule has 12 heavy (non-hydrogen) atoms. The van der Waals surface area contributed by atoms with E-state index in [1.165, 1.54) is 0 Å². The van der Waals surface area contributed by atoms with Crippen LogP contribution in [0.5, 0.6) is 0 Å². The lowest BCUT2D eigenvalue weighted by atomic mass is 10.1. The molecule has 0 heterocycles. The normalized spacial score (nSPS) is 9.33. The van der Waals surface area contributed by atoms with Crippen molar-refractivity contribution in [2.75, 3.05) is 0 Å². The first-order valence-corrected chi connectivity index (χ1v) is 3.51. The number of carbonyl (C=O) groups is 2. The third-order valence-electron chi connectivity index (χ3n) is 1.48. The predicted molar refractivity (Wildman–Crippen MR) is 43.6 cm³/mol. The first-order chi connectivity index (χ1) is 5.72. The quantitative estimate of drug-likeness (QED) is 0.618. The fourth-order valence-electron chi connectivity index (χ4n) is 0.899. The molecular weight excluding hydrogens is 154 g/mol. The van der Waals surface area contributed by atoms with Crippen molar-refractivity contribution in [2.24, 2.45) is 0 Å². The van der Waals surface area contributed by atoms with E-state index >= 15 is 0 Å². The van der Waals surface area contributed by atoms with Crippen LogP contribution in [0.3, 0.4) is 0 Å². The van der Waals surface area contributed by atoms with Crippen LogP contribution in [0.2, 0.25) is 0 Å². The molecule has 1 amide bonds. The summed E-state index contributed by atoms with van der Waals surface area (Å²) in [5.41, 5.74) is 8.05. The number of amides is 1. The molecule has 0 spiro atoms. The molecule has 0 unspecified atom stereocenters. The summed E-state index contributed by atoms with van der Waals surface area (Å²) in [5, 5.41) is 0. The van der Waals surface area contributed by atoms with Crippen LogP contribution >= 0.6 is 0 Å². The Bertz CT molecular complexity index is 290. The molecule has 1 rings (SSSR count). The molecule has 1 radical (unpaired) electrons. The van der Waals surface area contributed by atoms with E-state index in [9.17, 15) is 9.59 Å². The zero-order valence-corrected chi connectivity index (χ0v) is 6.41. The second-order valence-corrected chi connectivity index (χ2v) is 2.46. The third kappa shape index (κ3) is 2.20. The largest absolute Gasteiger partial charge is 0.298 e. The van der Waals surface area contributed by atoms with Gasteiger partial charge in [-0.25, -0.2) is 0 Å². The Morgan fingerprint density at radius 1 is 1.33 bits per heavy atom. The smallest absolute Gasteiger partial charge is 0.242 e. The first kappa shape index (κ1) is 8.46. The monoisotopic (exact) mass is 162 g/mol. The number of rotatable bonds is 3. The van der Waals surface area contributed by atoms with Crippen molar-refractivity contribution in [2.45, 2.75) is 6.42 Å². The highest BCUT2D eigenvalue weighted by molar-refractivity contribution is 5.77. The van der Waals surface area contributed by atoms with Gasteiger partial charge in [-0.1, -0.05) is 24.3 Å². The molecule has 61 valence electrons. The van der Waals surface area contributed by atoms with Gasteiger partial charge in [0.05, 0.1) is 6.42 Å². The first-order valence-electron chi connectivity index (χ1n) is 3.51. The maximum atomic E-state index is 10.4. The molecular formula is C9H8NO2. The summed E-state index contributed by atoms with van der Waals surface area (Å²) >= 11 is 0. The van der Waals surface area contributed by atoms with Crippen LogP contribution < -0.4 is 5.73 Å². The van der Waals surface area contributed by atoms with Crippen LogP contribution in [0.15, 0.2) is 24.3 Å². The average molecular weight is 162 g/mol. The fourth-order valence-corrected chi connectivity index (χ4v) is 0.899. The molecule has 0 saturated carbocycles. The van der Waals surface area contributed by atoms with E-state index in [2.05, 4.69) is 0 Å². The number of hydrogen-bond donors (Lipinski definition) is 0. The molecule has 1 aromatic carbocycles. The van der Waals surface area contributed by atoms with E-state index in [0.29, 0.717) is 5.56 Å². The lowest BCUT2D eigenvalue weighted by Gasteiger charge is -1.95. The zero-order chi connectivity index (χ0) is 8.97. The van der Waals surface area contributed by atoms with Gasteiger partial charge in [0.25, 0.3) is 0 Å². The summed E-state index contributed by atoms with van der Waals surface area (Å²) in [6.07, 6.45) is 0.853. The van der Waals surface area contributed by atoms with E-state index in [4.69, 9.17) is 5.73 Å². The molecule has 0 aromatic heterocycles. The van der Waals surface area contributed by atoms with Crippen molar-refractivity contribution < 1.29 is 9.59 Å². The maximum Gasteiger partial charge on any atom is 0.242 e. The summed E-state index contributed by atoms with van der Waals surface area (Å²) < 4.78 is 0. The van der Waals surface area contributed by atoms with Gasteiger partial charge in [0.2, 0.25) is 5.91 Å². The van der Waals surface area contributed by atoms with Crippen LogP contribution in [0.25, 0.3) is 0 Å². The Morgan fingerprint density at radius 2 is 1.92 bits per heavy atom. The zero-order valence-electron chi connectivity index (χ0n) is 6.41. The SMILES string of the molecule is [NH]C(=O)Cc1ccc(C=O)cc1. The second kappa shape index (κ2) is 3.67. The topological polar surface area (TPSA) is 57.9 Å². The van der Waals surface area contributed by atoms with Crippen molar-refractivity contribution in [1.29, 1.82) is 0 Å². The molecule has 0 fully saturated rings. The lowest BCUT2D eigenvalue weighted by molar-refractivity contribution is -0.118. The van der Waals surface area contributed by atoms with Crippen molar-refractivity contribution >= 4 is 12.2 Å². The van der Waals surface area contributed by atoms with Crippen LogP contribution in [0.4, 0.5) is 0 Å². The summed E-state index contributed by atoms with van der Waals surface area (Å²) in [5.74, 6) is -0.617. The molecule has 0 atom stereocenters.